The Balaban J connectivity index is 2.28. The first-order valence-electron chi connectivity index (χ1n) is 7.62. The van der Waals surface area contributed by atoms with Gasteiger partial charge in [-0.3, -0.25) is 0 Å². The summed E-state index contributed by atoms with van der Waals surface area (Å²) in [5.74, 6) is -0.318. The molecule has 1 aromatic carbocycles. The van der Waals surface area contributed by atoms with Gasteiger partial charge in [-0.05, 0) is 44.0 Å². The third-order valence-corrected chi connectivity index (χ3v) is 3.43. The van der Waals surface area contributed by atoms with Crippen LogP contribution >= 0.6 is 0 Å². The topological polar surface area (TPSA) is 83.0 Å². The van der Waals surface area contributed by atoms with Gasteiger partial charge in [0.25, 0.3) is 0 Å². The lowest BCUT2D eigenvalue weighted by Gasteiger charge is -2.08. The van der Waals surface area contributed by atoms with Crippen LogP contribution in [0.5, 0.6) is 0 Å². The smallest absolute Gasteiger partial charge is 0.338 e. The van der Waals surface area contributed by atoms with Crippen molar-refractivity contribution in [3.05, 3.63) is 41.2 Å². The van der Waals surface area contributed by atoms with Crippen LogP contribution in [0, 0.1) is 0 Å². The van der Waals surface area contributed by atoms with E-state index in [1.807, 2.05) is 12.1 Å². The molecular weight excluding hydrogens is 280 g/mol. The molecule has 1 heterocycles. The number of esters is 1. The van der Waals surface area contributed by atoms with Crippen molar-refractivity contribution in [3.8, 4) is 5.69 Å². The molecule has 0 radical (unpaired) electrons. The number of unbranched alkanes of at least 4 members (excludes halogenated alkanes) is 1. The van der Waals surface area contributed by atoms with E-state index < -0.39 is 0 Å². The predicted octanol–water partition coefficient (Wildman–Crippen LogP) is 2.25. The van der Waals surface area contributed by atoms with Crippen molar-refractivity contribution in [3.63, 3.8) is 0 Å². The number of hydrogen-bond acceptors (Lipinski definition) is 5. The van der Waals surface area contributed by atoms with Crippen molar-refractivity contribution >= 4 is 5.97 Å². The maximum absolute atomic E-state index is 11.7. The van der Waals surface area contributed by atoms with Crippen LogP contribution in [0.2, 0.25) is 0 Å². The van der Waals surface area contributed by atoms with Gasteiger partial charge in [0, 0.05) is 6.54 Å². The summed E-state index contributed by atoms with van der Waals surface area (Å²) in [4.78, 5) is 11.7. The van der Waals surface area contributed by atoms with Crippen molar-refractivity contribution in [2.75, 3.05) is 6.61 Å². The van der Waals surface area contributed by atoms with Gasteiger partial charge in [0.15, 0.2) is 0 Å². The molecule has 0 bridgehead atoms. The molecule has 0 aliphatic carbocycles. The molecule has 0 amide bonds. The highest BCUT2D eigenvalue weighted by Gasteiger charge is 2.13. The molecule has 2 aromatic rings. The van der Waals surface area contributed by atoms with Gasteiger partial charge in [-0.15, -0.1) is 5.10 Å². The first-order chi connectivity index (χ1) is 10.7. The van der Waals surface area contributed by atoms with E-state index in [1.165, 1.54) is 0 Å². The van der Waals surface area contributed by atoms with Crippen LogP contribution in [0.3, 0.4) is 0 Å². The zero-order valence-electron chi connectivity index (χ0n) is 13.1. The Bertz CT molecular complexity index is 620. The van der Waals surface area contributed by atoms with E-state index in [2.05, 4.69) is 17.2 Å². The molecule has 2 N–H and O–H groups in total. The van der Waals surface area contributed by atoms with Crippen LogP contribution in [-0.2, 0) is 17.7 Å². The summed E-state index contributed by atoms with van der Waals surface area (Å²) in [6.45, 7) is 4.67. The summed E-state index contributed by atoms with van der Waals surface area (Å²) >= 11 is 0. The number of hydrogen-bond donors (Lipinski definition) is 1. The summed E-state index contributed by atoms with van der Waals surface area (Å²) in [6, 6.07) is 7.16. The molecule has 0 spiro atoms. The highest BCUT2D eigenvalue weighted by molar-refractivity contribution is 5.89. The van der Waals surface area contributed by atoms with Gasteiger partial charge in [0.2, 0.25) is 0 Å². The molecule has 0 saturated heterocycles. The molecule has 0 unspecified atom stereocenters. The third-order valence-electron chi connectivity index (χ3n) is 3.43. The van der Waals surface area contributed by atoms with Crippen LogP contribution in [-0.4, -0.2) is 27.6 Å². The first-order valence-corrected chi connectivity index (χ1v) is 7.62. The highest BCUT2D eigenvalue weighted by Crippen LogP contribution is 2.16. The summed E-state index contributed by atoms with van der Waals surface area (Å²) in [6.07, 6.45) is 3.04. The van der Waals surface area contributed by atoms with E-state index in [-0.39, 0.29) is 5.97 Å². The minimum Gasteiger partial charge on any atom is -0.462 e. The van der Waals surface area contributed by atoms with Crippen LogP contribution in [0.1, 0.15) is 48.4 Å². The van der Waals surface area contributed by atoms with Crippen molar-refractivity contribution in [2.45, 2.75) is 39.7 Å². The van der Waals surface area contributed by atoms with Gasteiger partial charge in [-0.1, -0.05) is 18.6 Å². The summed E-state index contributed by atoms with van der Waals surface area (Å²) < 4.78 is 6.78. The quantitative estimate of drug-likeness (QED) is 0.793. The van der Waals surface area contributed by atoms with E-state index in [0.717, 1.165) is 36.3 Å². The third kappa shape index (κ3) is 3.51. The van der Waals surface area contributed by atoms with Gasteiger partial charge in [0.05, 0.1) is 29.2 Å². The Morgan fingerprint density at radius 1 is 1.27 bits per heavy atom. The van der Waals surface area contributed by atoms with E-state index in [4.69, 9.17) is 10.5 Å². The number of carbonyl (C=O) groups is 1. The van der Waals surface area contributed by atoms with Crippen LogP contribution in [0.15, 0.2) is 24.3 Å². The molecule has 2 rings (SSSR count). The maximum Gasteiger partial charge on any atom is 0.338 e. The molecule has 22 heavy (non-hydrogen) atoms. The second kappa shape index (κ2) is 7.70. The van der Waals surface area contributed by atoms with Crippen molar-refractivity contribution in [2.24, 2.45) is 5.73 Å². The molecule has 0 fully saturated rings. The van der Waals surface area contributed by atoms with E-state index in [9.17, 15) is 4.79 Å². The van der Waals surface area contributed by atoms with Crippen LogP contribution in [0.25, 0.3) is 5.69 Å². The summed E-state index contributed by atoms with van der Waals surface area (Å²) in [5.41, 5.74) is 8.99. The molecular formula is C16H22N4O2. The maximum atomic E-state index is 11.7. The van der Waals surface area contributed by atoms with Crippen molar-refractivity contribution in [1.82, 2.24) is 15.0 Å². The molecule has 0 aliphatic heterocycles. The van der Waals surface area contributed by atoms with Crippen LogP contribution < -0.4 is 5.73 Å². The number of benzene rings is 1. The second-order valence-electron chi connectivity index (χ2n) is 4.97. The average Bonchev–Trinajstić information content (AvgIpc) is 2.96. The largest absolute Gasteiger partial charge is 0.462 e. The summed E-state index contributed by atoms with van der Waals surface area (Å²) in [7, 11) is 0. The minimum atomic E-state index is -0.318. The number of ether oxygens (including phenoxy) is 1. The Kier molecular flexibility index (Phi) is 5.66. The van der Waals surface area contributed by atoms with Crippen molar-refractivity contribution < 1.29 is 9.53 Å². The predicted molar refractivity (Wildman–Crippen MR) is 83.8 cm³/mol. The molecule has 6 nitrogen and oxygen atoms in total. The summed E-state index contributed by atoms with van der Waals surface area (Å²) in [5, 5.41) is 8.34. The fraction of sp³-hybridized carbons (Fsp3) is 0.438. The highest BCUT2D eigenvalue weighted by atomic mass is 16.5. The van der Waals surface area contributed by atoms with Gasteiger partial charge < -0.3 is 10.5 Å². The van der Waals surface area contributed by atoms with E-state index in [1.54, 1.807) is 23.7 Å². The molecule has 1 aromatic heterocycles. The lowest BCUT2D eigenvalue weighted by molar-refractivity contribution is 0.0526. The van der Waals surface area contributed by atoms with Gasteiger partial charge >= 0.3 is 5.97 Å². The Labute approximate surface area is 130 Å². The average molecular weight is 302 g/mol. The van der Waals surface area contributed by atoms with Crippen LogP contribution in [0.4, 0.5) is 0 Å². The Hall–Kier alpha value is -2.21. The van der Waals surface area contributed by atoms with Gasteiger partial charge in [-0.25, -0.2) is 9.48 Å². The SMILES string of the molecule is CCCCc1c(CN)nnn1-c1ccc(C(=O)OCC)cc1. The number of nitrogens with two attached hydrogens (primary N) is 1. The number of aromatic nitrogens is 3. The molecule has 0 saturated carbocycles. The molecule has 0 aliphatic rings. The zero-order chi connectivity index (χ0) is 15.9. The first kappa shape index (κ1) is 16.2. The normalized spacial score (nSPS) is 10.7. The monoisotopic (exact) mass is 302 g/mol. The van der Waals surface area contributed by atoms with E-state index in [0.29, 0.717) is 18.7 Å². The lowest BCUT2D eigenvalue weighted by atomic mass is 10.1. The van der Waals surface area contributed by atoms with E-state index >= 15 is 0 Å². The minimum absolute atomic E-state index is 0.318. The number of carbonyl (C=O) groups excluding carboxylic acids is 1. The molecule has 118 valence electrons. The zero-order valence-corrected chi connectivity index (χ0v) is 13.1. The fourth-order valence-corrected chi connectivity index (χ4v) is 2.25. The standard InChI is InChI=1S/C16H22N4O2/c1-3-5-6-15-14(11-17)18-19-20(15)13-9-7-12(8-10-13)16(21)22-4-2/h7-10H,3-6,11,17H2,1-2H3. The molecule has 0 atom stereocenters. The second-order valence-corrected chi connectivity index (χ2v) is 4.97. The lowest BCUT2D eigenvalue weighted by Crippen LogP contribution is -2.08. The Morgan fingerprint density at radius 2 is 2.00 bits per heavy atom. The number of rotatable bonds is 7. The Morgan fingerprint density at radius 3 is 2.59 bits per heavy atom. The van der Waals surface area contributed by atoms with Gasteiger partial charge in [0.1, 0.15) is 0 Å². The molecule has 6 heteroatoms. The van der Waals surface area contributed by atoms with Gasteiger partial charge in [-0.2, -0.15) is 0 Å². The van der Waals surface area contributed by atoms with Crippen molar-refractivity contribution in [1.29, 1.82) is 0 Å². The fourth-order valence-electron chi connectivity index (χ4n) is 2.25. The number of nitrogens with zero attached hydrogens (tertiary/aromatic N) is 3.